The van der Waals surface area contributed by atoms with Crippen LogP contribution in [0.15, 0.2) is 80.4 Å². The molecule has 192 valence electrons. The highest BCUT2D eigenvalue weighted by Gasteiger charge is 2.34. The molecule has 0 radical (unpaired) electrons. The van der Waals surface area contributed by atoms with Gasteiger partial charge < -0.3 is 18.6 Å². The van der Waals surface area contributed by atoms with Gasteiger partial charge in [0.05, 0.1) is 44.8 Å². The molecule has 4 rings (SSSR count). The minimum absolute atomic E-state index is 0.186. The molecule has 8 nitrogen and oxygen atoms in total. The van der Waals surface area contributed by atoms with Crippen molar-refractivity contribution in [3.8, 4) is 17.2 Å². The van der Waals surface area contributed by atoms with Crippen LogP contribution < -0.4 is 14.2 Å². The molecule has 0 spiro atoms. The van der Waals surface area contributed by atoms with E-state index in [9.17, 15) is 4.79 Å². The number of amides is 1. The maximum Gasteiger partial charge on any atom is 0.267 e. The normalized spacial score (nSPS) is 15.9. The molecular formula is C28H29N3O5S. The number of methoxy groups -OCH3 is 2. The van der Waals surface area contributed by atoms with E-state index in [-0.39, 0.29) is 12.5 Å². The van der Waals surface area contributed by atoms with Gasteiger partial charge in [-0.3, -0.25) is 9.69 Å². The second kappa shape index (κ2) is 12.3. The van der Waals surface area contributed by atoms with E-state index >= 15 is 0 Å². The Morgan fingerprint density at radius 2 is 1.84 bits per heavy atom. The first kappa shape index (κ1) is 26.1. The first-order valence-electron chi connectivity index (χ1n) is 11.8. The number of carbonyl (C=O) groups excluding carboxylic acids is 1. The van der Waals surface area contributed by atoms with Crippen molar-refractivity contribution < 1.29 is 23.4 Å². The van der Waals surface area contributed by atoms with Crippen molar-refractivity contribution in [2.24, 2.45) is 16.1 Å². The SMILES string of the molecule is COc1ccccc1/C=C1\S/C(=N/N=C\c2ccc(OCC(C)C)c(OC)c2)N(Cc2ccco2)C1=O. The number of para-hydroxylation sites is 1. The van der Waals surface area contributed by atoms with E-state index in [1.807, 2.05) is 48.5 Å². The lowest BCUT2D eigenvalue weighted by atomic mass is 10.2. The van der Waals surface area contributed by atoms with E-state index in [4.69, 9.17) is 18.6 Å². The summed E-state index contributed by atoms with van der Waals surface area (Å²) < 4.78 is 22.2. The third-order valence-electron chi connectivity index (χ3n) is 5.32. The standard InChI is InChI=1S/C28H29N3O5S/c1-19(2)18-36-24-12-11-20(14-25(24)34-4)16-29-30-28-31(17-22-9-7-13-35-22)27(32)26(37-28)15-21-8-5-6-10-23(21)33-3/h5-16,19H,17-18H2,1-4H3/b26-15-,29-16-,30-28+. The smallest absolute Gasteiger partial charge is 0.267 e. The van der Waals surface area contributed by atoms with Crippen LogP contribution in [0.5, 0.6) is 17.2 Å². The van der Waals surface area contributed by atoms with Gasteiger partial charge in [0.2, 0.25) is 0 Å². The summed E-state index contributed by atoms with van der Waals surface area (Å²) in [6, 6.07) is 16.7. The average molecular weight is 520 g/mol. The highest BCUT2D eigenvalue weighted by molar-refractivity contribution is 8.18. The van der Waals surface area contributed by atoms with Gasteiger partial charge in [-0.15, -0.1) is 5.10 Å². The number of benzene rings is 2. The molecule has 0 aliphatic carbocycles. The Bertz CT molecular complexity index is 1320. The summed E-state index contributed by atoms with van der Waals surface area (Å²) >= 11 is 1.25. The maximum absolute atomic E-state index is 13.3. The average Bonchev–Trinajstić information content (AvgIpc) is 3.52. The molecule has 0 bridgehead atoms. The van der Waals surface area contributed by atoms with E-state index in [2.05, 4.69) is 24.1 Å². The number of furan rings is 1. The van der Waals surface area contributed by atoms with Gasteiger partial charge in [0.25, 0.3) is 5.91 Å². The van der Waals surface area contributed by atoms with Gasteiger partial charge in [-0.2, -0.15) is 5.10 Å². The molecule has 1 amide bonds. The van der Waals surface area contributed by atoms with Crippen molar-refractivity contribution >= 4 is 35.1 Å². The van der Waals surface area contributed by atoms with Crippen molar-refractivity contribution in [3.63, 3.8) is 0 Å². The number of ether oxygens (including phenoxy) is 3. The number of hydrogen-bond acceptors (Lipinski definition) is 8. The van der Waals surface area contributed by atoms with Crippen molar-refractivity contribution in [1.82, 2.24) is 4.90 Å². The largest absolute Gasteiger partial charge is 0.496 e. The zero-order chi connectivity index (χ0) is 26.2. The number of nitrogens with zero attached hydrogens (tertiary/aromatic N) is 3. The fourth-order valence-corrected chi connectivity index (χ4v) is 4.42. The summed E-state index contributed by atoms with van der Waals surface area (Å²) in [6.45, 7) is 5.01. The van der Waals surface area contributed by atoms with Crippen molar-refractivity contribution in [2.45, 2.75) is 20.4 Å². The van der Waals surface area contributed by atoms with Crippen LogP contribution in [-0.4, -0.2) is 43.0 Å². The Labute approximate surface area is 220 Å². The number of amidine groups is 1. The molecule has 1 fully saturated rings. The second-order valence-electron chi connectivity index (χ2n) is 8.57. The van der Waals surface area contributed by atoms with Crippen LogP contribution >= 0.6 is 11.8 Å². The summed E-state index contributed by atoms with van der Waals surface area (Å²) in [5.41, 5.74) is 1.59. The molecule has 1 saturated heterocycles. The summed E-state index contributed by atoms with van der Waals surface area (Å²) in [4.78, 5) is 15.4. The van der Waals surface area contributed by atoms with Crippen LogP contribution in [0.3, 0.4) is 0 Å². The predicted octanol–water partition coefficient (Wildman–Crippen LogP) is 5.84. The first-order valence-corrected chi connectivity index (χ1v) is 12.6. The minimum atomic E-state index is -0.186. The Balaban J connectivity index is 1.59. The fraction of sp³-hybridized carbons (Fsp3) is 0.250. The number of rotatable bonds is 10. The lowest BCUT2D eigenvalue weighted by Crippen LogP contribution is -2.28. The molecule has 3 aromatic rings. The molecule has 1 aromatic heterocycles. The van der Waals surface area contributed by atoms with Crippen molar-refractivity contribution in [3.05, 3.63) is 82.7 Å². The number of thioether (sulfide) groups is 1. The van der Waals surface area contributed by atoms with Gasteiger partial charge in [0.15, 0.2) is 16.7 Å². The van der Waals surface area contributed by atoms with Crippen molar-refractivity contribution in [2.75, 3.05) is 20.8 Å². The highest BCUT2D eigenvalue weighted by atomic mass is 32.2. The number of hydrogen-bond donors (Lipinski definition) is 0. The summed E-state index contributed by atoms with van der Waals surface area (Å²) in [6.07, 6.45) is 4.99. The molecule has 9 heteroatoms. The molecule has 0 saturated carbocycles. The predicted molar refractivity (Wildman–Crippen MR) is 146 cm³/mol. The van der Waals surface area contributed by atoms with E-state index in [0.29, 0.717) is 45.6 Å². The molecule has 1 aliphatic rings. The summed E-state index contributed by atoms with van der Waals surface area (Å²) in [7, 11) is 3.20. The molecule has 0 atom stereocenters. The van der Waals surface area contributed by atoms with Gasteiger partial charge in [-0.1, -0.05) is 32.0 Å². The molecule has 1 aliphatic heterocycles. The Morgan fingerprint density at radius 1 is 1.03 bits per heavy atom. The molecular weight excluding hydrogens is 490 g/mol. The molecule has 2 aromatic carbocycles. The van der Waals surface area contributed by atoms with Gasteiger partial charge in [0, 0.05) is 5.56 Å². The van der Waals surface area contributed by atoms with Crippen LogP contribution in [0.25, 0.3) is 6.08 Å². The quantitative estimate of drug-likeness (QED) is 0.190. The maximum atomic E-state index is 13.3. The van der Waals surface area contributed by atoms with Gasteiger partial charge >= 0.3 is 0 Å². The van der Waals surface area contributed by atoms with Gasteiger partial charge in [-0.25, -0.2) is 0 Å². The van der Waals surface area contributed by atoms with Gasteiger partial charge in [-0.05, 0) is 65.7 Å². The third-order valence-corrected chi connectivity index (χ3v) is 6.31. The molecule has 0 N–H and O–H groups in total. The fourth-order valence-electron chi connectivity index (χ4n) is 3.49. The van der Waals surface area contributed by atoms with Crippen LogP contribution in [0.4, 0.5) is 0 Å². The minimum Gasteiger partial charge on any atom is -0.496 e. The number of carbonyl (C=O) groups is 1. The molecule has 2 heterocycles. The van der Waals surface area contributed by atoms with Crippen LogP contribution in [0.1, 0.15) is 30.7 Å². The van der Waals surface area contributed by atoms with E-state index in [1.54, 1.807) is 43.7 Å². The van der Waals surface area contributed by atoms with E-state index in [1.165, 1.54) is 11.8 Å². The van der Waals surface area contributed by atoms with Gasteiger partial charge in [0.1, 0.15) is 11.5 Å². The molecule has 37 heavy (non-hydrogen) atoms. The monoisotopic (exact) mass is 519 g/mol. The lowest BCUT2D eigenvalue weighted by Gasteiger charge is -2.13. The van der Waals surface area contributed by atoms with Crippen LogP contribution in [0, 0.1) is 5.92 Å². The summed E-state index contributed by atoms with van der Waals surface area (Å²) in [5.74, 6) is 2.83. The topological polar surface area (TPSA) is 85.9 Å². The summed E-state index contributed by atoms with van der Waals surface area (Å²) in [5, 5.41) is 9.08. The Morgan fingerprint density at radius 3 is 2.57 bits per heavy atom. The third kappa shape index (κ3) is 6.62. The highest BCUT2D eigenvalue weighted by Crippen LogP contribution is 2.35. The Hall–Kier alpha value is -3.98. The zero-order valence-corrected chi connectivity index (χ0v) is 22.0. The van der Waals surface area contributed by atoms with Crippen molar-refractivity contribution in [1.29, 1.82) is 0 Å². The molecule has 0 unspecified atom stereocenters. The Kier molecular flexibility index (Phi) is 8.68. The van der Waals surface area contributed by atoms with E-state index < -0.39 is 0 Å². The zero-order valence-electron chi connectivity index (χ0n) is 21.2. The second-order valence-corrected chi connectivity index (χ2v) is 9.57. The first-order chi connectivity index (χ1) is 18.0. The lowest BCUT2D eigenvalue weighted by molar-refractivity contribution is -0.122. The van der Waals surface area contributed by atoms with E-state index in [0.717, 1.165) is 11.1 Å². The van der Waals surface area contributed by atoms with Crippen LogP contribution in [0.2, 0.25) is 0 Å². The van der Waals surface area contributed by atoms with Crippen LogP contribution in [-0.2, 0) is 11.3 Å².